The summed E-state index contributed by atoms with van der Waals surface area (Å²) in [5.41, 5.74) is 21.5. The van der Waals surface area contributed by atoms with Crippen LogP contribution in [-0.4, -0.2) is 14.5 Å². The summed E-state index contributed by atoms with van der Waals surface area (Å²) in [6.07, 6.45) is 0. The van der Waals surface area contributed by atoms with Crippen LogP contribution in [0.1, 0.15) is 49.9 Å². The zero-order valence-electron chi connectivity index (χ0n) is 37.9. The molecule has 3 nitrogen and oxygen atoms in total. The summed E-state index contributed by atoms with van der Waals surface area (Å²) >= 11 is 0. The lowest BCUT2D eigenvalue weighted by atomic mass is 9.81. The summed E-state index contributed by atoms with van der Waals surface area (Å²) in [7, 11) is 0. The maximum atomic E-state index is 5.91. The average Bonchev–Trinajstić information content (AvgIpc) is 3.92. The molecule has 0 bridgehead atoms. The molecule has 0 spiro atoms. The summed E-state index contributed by atoms with van der Waals surface area (Å²) in [6.45, 7) is 9.41. The second kappa shape index (κ2) is 13.7. The van der Waals surface area contributed by atoms with Gasteiger partial charge in [0.1, 0.15) is 5.52 Å². The highest BCUT2D eigenvalue weighted by molar-refractivity contribution is 6.30. The van der Waals surface area contributed by atoms with Crippen molar-refractivity contribution in [1.82, 2.24) is 14.5 Å². The molecular formula is C64H45N3. The second-order valence-corrected chi connectivity index (χ2v) is 19.7. The standard InChI is InChI=1S/C64H45N3/c1-63(2)50-25-14-12-22-44(50)46-32-29-40(35-52(46)63)60-61(41-30-33-47-45-23-13-15-26-51(45)64(3,4)53(47)36-41)66-62-54(65-60)27-16-28-56(62)67-55-34-31-39-19-8-9-20-42(39)58(55)59-48-24-11-10-21-43(48)49(37-57(59)67)38-17-6-5-7-18-38/h5-37H,1-4H3. The minimum Gasteiger partial charge on any atom is -0.307 e. The first-order chi connectivity index (χ1) is 32.8. The lowest BCUT2D eigenvalue weighted by Crippen LogP contribution is -2.15. The molecule has 0 fully saturated rings. The van der Waals surface area contributed by atoms with Gasteiger partial charge in [0.15, 0.2) is 0 Å². The second-order valence-electron chi connectivity index (χ2n) is 19.7. The van der Waals surface area contributed by atoms with E-state index in [1.165, 1.54) is 88.0 Å². The molecule has 0 amide bonds. The van der Waals surface area contributed by atoms with Crippen LogP contribution >= 0.6 is 0 Å². The SMILES string of the molecule is CC1(C)c2ccccc2-c2ccc(-c3nc4cccc(-n5c6ccc7ccccc7c6c6c7ccccc7c(-c7ccccc7)cc65)c4nc3-c3ccc4c(c3)C(C)(C)c3ccccc3-4)cc21. The third-order valence-electron chi connectivity index (χ3n) is 15.4. The monoisotopic (exact) mass is 855 g/mol. The lowest BCUT2D eigenvalue weighted by Gasteiger charge is -2.23. The Morgan fingerprint density at radius 1 is 0.358 bits per heavy atom. The molecule has 10 aromatic carbocycles. The molecule has 0 saturated carbocycles. The van der Waals surface area contributed by atoms with Crippen molar-refractivity contribution >= 4 is 54.4 Å². The highest BCUT2D eigenvalue weighted by Crippen LogP contribution is 2.52. The molecule has 2 aromatic heterocycles. The van der Waals surface area contributed by atoms with Crippen molar-refractivity contribution in [2.45, 2.75) is 38.5 Å². The Morgan fingerprint density at radius 3 is 1.60 bits per heavy atom. The Bertz CT molecular complexity index is 4090. The van der Waals surface area contributed by atoms with E-state index in [9.17, 15) is 0 Å². The summed E-state index contributed by atoms with van der Waals surface area (Å²) in [6, 6.07) is 73.7. The first-order valence-corrected chi connectivity index (χ1v) is 23.5. The van der Waals surface area contributed by atoms with E-state index >= 15 is 0 Å². The van der Waals surface area contributed by atoms with E-state index in [-0.39, 0.29) is 10.8 Å². The Kier molecular flexibility index (Phi) is 7.80. The van der Waals surface area contributed by atoms with Gasteiger partial charge in [-0.15, -0.1) is 0 Å². The van der Waals surface area contributed by atoms with Crippen LogP contribution in [0.2, 0.25) is 0 Å². The molecule has 2 aliphatic rings. The van der Waals surface area contributed by atoms with Crippen LogP contribution < -0.4 is 0 Å². The van der Waals surface area contributed by atoms with Gasteiger partial charge in [-0.05, 0) is 114 Å². The van der Waals surface area contributed by atoms with Crippen molar-refractivity contribution in [1.29, 1.82) is 0 Å². The van der Waals surface area contributed by atoms with Crippen molar-refractivity contribution in [3.8, 4) is 61.6 Å². The van der Waals surface area contributed by atoms with Crippen molar-refractivity contribution in [2.75, 3.05) is 0 Å². The molecule has 3 heteroatoms. The number of para-hydroxylation sites is 1. The van der Waals surface area contributed by atoms with Crippen molar-refractivity contribution in [3.63, 3.8) is 0 Å². The van der Waals surface area contributed by atoms with E-state index < -0.39 is 0 Å². The lowest BCUT2D eigenvalue weighted by molar-refractivity contribution is 0.660. The molecular weight excluding hydrogens is 811 g/mol. The van der Waals surface area contributed by atoms with Crippen molar-refractivity contribution in [3.05, 3.63) is 222 Å². The first-order valence-electron chi connectivity index (χ1n) is 23.5. The Balaban J connectivity index is 1.08. The maximum absolute atomic E-state index is 5.91. The molecule has 0 aliphatic heterocycles. The molecule has 0 radical (unpaired) electrons. The van der Waals surface area contributed by atoms with Crippen LogP contribution in [-0.2, 0) is 10.8 Å². The molecule has 0 atom stereocenters. The molecule has 14 rings (SSSR count). The topological polar surface area (TPSA) is 30.7 Å². The Morgan fingerprint density at radius 2 is 0.910 bits per heavy atom. The largest absolute Gasteiger partial charge is 0.307 e. The third kappa shape index (κ3) is 5.28. The number of aromatic nitrogens is 3. The molecule has 0 unspecified atom stereocenters. The number of fused-ring (bicyclic) bond motifs is 14. The van der Waals surface area contributed by atoms with Gasteiger partial charge in [-0.1, -0.05) is 191 Å². The average molecular weight is 856 g/mol. The Hall–Kier alpha value is -8.14. The number of benzene rings is 10. The van der Waals surface area contributed by atoms with Crippen LogP contribution in [0, 0.1) is 0 Å². The predicted octanol–water partition coefficient (Wildman–Crippen LogP) is 16.6. The van der Waals surface area contributed by atoms with E-state index in [0.717, 1.165) is 50.3 Å². The van der Waals surface area contributed by atoms with E-state index in [2.05, 4.69) is 232 Å². The molecule has 67 heavy (non-hydrogen) atoms. The smallest absolute Gasteiger partial charge is 0.113 e. The van der Waals surface area contributed by atoms with Crippen LogP contribution in [0.25, 0.3) is 116 Å². The highest BCUT2D eigenvalue weighted by atomic mass is 15.0. The fourth-order valence-corrected chi connectivity index (χ4v) is 12.1. The van der Waals surface area contributed by atoms with E-state index in [0.29, 0.717) is 0 Å². The number of hydrogen-bond acceptors (Lipinski definition) is 2. The van der Waals surface area contributed by atoms with Crippen LogP contribution in [0.5, 0.6) is 0 Å². The molecule has 12 aromatic rings. The zero-order chi connectivity index (χ0) is 44.8. The third-order valence-corrected chi connectivity index (χ3v) is 15.4. The predicted molar refractivity (Wildman–Crippen MR) is 280 cm³/mol. The molecule has 2 heterocycles. The molecule has 2 aliphatic carbocycles. The quantitative estimate of drug-likeness (QED) is 0.177. The minimum absolute atomic E-state index is 0.160. The van der Waals surface area contributed by atoms with Crippen LogP contribution in [0.15, 0.2) is 200 Å². The normalized spacial score (nSPS) is 14.2. The van der Waals surface area contributed by atoms with E-state index in [1.54, 1.807) is 0 Å². The van der Waals surface area contributed by atoms with Gasteiger partial charge in [0.25, 0.3) is 0 Å². The molecule has 316 valence electrons. The van der Waals surface area contributed by atoms with E-state index in [4.69, 9.17) is 9.97 Å². The van der Waals surface area contributed by atoms with Gasteiger partial charge in [0, 0.05) is 32.7 Å². The van der Waals surface area contributed by atoms with Gasteiger partial charge in [0.05, 0.1) is 33.6 Å². The highest BCUT2D eigenvalue weighted by Gasteiger charge is 2.37. The number of rotatable bonds is 4. The van der Waals surface area contributed by atoms with Gasteiger partial charge < -0.3 is 4.57 Å². The number of hydrogen-bond donors (Lipinski definition) is 0. The fraction of sp³-hybridized carbons (Fsp3) is 0.0938. The Labute approximate surface area is 389 Å². The summed E-state index contributed by atoms with van der Waals surface area (Å²) < 4.78 is 2.47. The summed E-state index contributed by atoms with van der Waals surface area (Å²) in [4.78, 5) is 11.6. The maximum Gasteiger partial charge on any atom is 0.113 e. The van der Waals surface area contributed by atoms with E-state index in [1.807, 2.05) is 0 Å². The summed E-state index contributed by atoms with van der Waals surface area (Å²) in [5.74, 6) is 0. The first kappa shape index (κ1) is 38.2. The van der Waals surface area contributed by atoms with Gasteiger partial charge in [-0.25, -0.2) is 9.97 Å². The van der Waals surface area contributed by atoms with Crippen LogP contribution in [0.3, 0.4) is 0 Å². The molecule has 0 N–H and O–H groups in total. The van der Waals surface area contributed by atoms with Gasteiger partial charge in [-0.3, -0.25) is 0 Å². The summed E-state index contributed by atoms with van der Waals surface area (Å²) in [5, 5.41) is 7.41. The van der Waals surface area contributed by atoms with Gasteiger partial charge in [-0.2, -0.15) is 0 Å². The molecule has 0 saturated heterocycles. The zero-order valence-corrected chi connectivity index (χ0v) is 37.9. The van der Waals surface area contributed by atoms with Gasteiger partial charge >= 0.3 is 0 Å². The van der Waals surface area contributed by atoms with Crippen molar-refractivity contribution in [2.24, 2.45) is 0 Å². The van der Waals surface area contributed by atoms with Crippen LogP contribution in [0.4, 0.5) is 0 Å². The van der Waals surface area contributed by atoms with Crippen molar-refractivity contribution < 1.29 is 0 Å². The minimum atomic E-state index is -0.175. The van der Waals surface area contributed by atoms with Gasteiger partial charge in [0.2, 0.25) is 0 Å². The fourth-order valence-electron chi connectivity index (χ4n) is 12.1. The number of nitrogens with zero attached hydrogens (tertiary/aromatic N) is 3.